The fourth-order valence-electron chi connectivity index (χ4n) is 1.51. The number of aromatic nitrogens is 1. The summed E-state index contributed by atoms with van der Waals surface area (Å²) in [4.78, 5) is 27.0. The maximum absolute atomic E-state index is 11.6. The molecule has 0 fully saturated rings. The van der Waals surface area contributed by atoms with Gasteiger partial charge >= 0.3 is 12.0 Å². The largest absolute Gasteiger partial charge is 0.477 e. The van der Waals surface area contributed by atoms with Crippen LogP contribution in [0.15, 0.2) is 30.5 Å². The summed E-state index contributed by atoms with van der Waals surface area (Å²) in [5, 5.41) is 14.1. The molecule has 0 saturated carbocycles. The van der Waals surface area contributed by atoms with E-state index >= 15 is 0 Å². The Morgan fingerprint density at radius 3 is 2.52 bits per heavy atom. The summed E-state index contributed by atoms with van der Waals surface area (Å²) in [7, 11) is 0. The van der Waals surface area contributed by atoms with Gasteiger partial charge in [-0.15, -0.1) is 11.3 Å². The quantitative estimate of drug-likeness (QED) is 0.787. The van der Waals surface area contributed by atoms with Crippen LogP contribution in [0.4, 0.5) is 4.79 Å². The highest BCUT2D eigenvalue weighted by Gasteiger charge is 2.05. The molecule has 0 aromatic carbocycles. The highest BCUT2D eigenvalue weighted by Crippen LogP contribution is 2.20. The maximum atomic E-state index is 11.6. The Balaban J connectivity index is 1.77. The van der Waals surface area contributed by atoms with Crippen LogP contribution in [-0.4, -0.2) is 22.1 Å². The third-order valence-electron chi connectivity index (χ3n) is 2.55. The van der Waals surface area contributed by atoms with E-state index in [0.717, 1.165) is 4.88 Å². The molecule has 0 saturated heterocycles. The number of hydrogen-bond acceptors (Lipinski definition) is 4. The number of thiophene rings is 1. The molecule has 21 heavy (non-hydrogen) atoms. The van der Waals surface area contributed by atoms with Crippen molar-refractivity contribution in [2.75, 3.05) is 0 Å². The van der Waals surface area contributed by atoms with Gasteiger partial charge in [0.15, 0.2) is 0 Å². The van der Waals surface area contributed by atoms with Crippen molar-refractivity contribution in [3.05, 3.63) is 50.9 Å². The van der Waals surface area contributed by atoms with Crippen LogP contribution in [0.3, 0.4) is 0 Å². The molecular formula is C13H12ClN3O3S. The number of carbonyl (C=O) groups is 2. The predicted octanol–water partition coefficient (Wildman–Crippen LogP) is 2.49. The van der Waals surface area contributed by atoms with E-state index in [-0.39, 0.29) is 18.3 Å². The summed E-state index contributed by atoms with van der Waals surface area (Å²) in [5.41, 5.74) is 0.687. The molecule has 0 aliphatic heterocycles. The smallest absolute Gasteiger partial charge is 0.354 e. The zero-order valence-electron chi connectivity index (χ0n) is 10.8. The molecule has 0 atom stereocenters. The summed E-state index contributed by atoms with van der Waals surface area (Å²) in [6, 6.07) is 6.31. The van der Waals surface area contributed by atoms with Crippen LogP contribution < -0.4 is 10.6 Å². The van der Waals surface area contributed by atoms with Gasteiger partial charge in [0.1, 0.15) is 5.69 Å². The molecule has 0 aliphatic rings. The minimum atomic E-state index is -1.08. The maximum Gasteiger partial charge on any atom is 0.354 e. The van der Waals surface area contributed by atoms with Crippen LogP contribution in [-0.2, 0) is 13.1 Å². The molecule has 2 aromatic rings. The molecule has 8 heteroatoms. The third-order valence-corrected chi connectivity index (χ3v) is 3.78. The fourth-order valence-corrected chi connectivity index (χ4v) is 2.54. The molecule has 2 aromatic heterocycles. The van der Waals surface area contributed by atoms with E-state index in [1.54, 1.807) is 12.1 Å². The SMILES string of the molecule is O=C(NCc1ccc(C(=O)O)nc1)NCc1ccc(Cl)s1. The summed E-state index contributed by atoms with van der Waals surface area (Å²) >= 11 is 7.20. The number of rotatable bonds is 5. The first-order valence-corrected chi connectivity index (χ1v) is 7.18. The molecule has 2 rings (SSSR count). The Hall–Kier alpha value is -2.12. The van der Waals surface area contributed by atoms with Gasteiger partial charge in [0, 0.05) is 17.6 Å². The van der Waals surface area contributed by atoms with Gasteiger partial charge in [-0.25, -0.2) is 14.6 Å². The van der Waals surface area contributed by atoms with Crippen LogP contribution >= 0.6 is 22.9 Å². The lowest BCUT2D eigenvalue weighted by Crippen LogP contribution is -2.34. The molecule has 2 heterocycles. The van der Waals surface area contributed by atoms with E-state index in [9.17, 15) is 9.59 Å². The number of carbonyl (C=O) groups excluding carboxylic acids is 1. The van der Waals surface area contributed by atoms with Crippen LogP contribution in [0, 0.1) is 0 Å². The second kappa shape index (κ2) is 7.05. The van der Waals surface area contributed by atoms with Gasteiger partial charge in [0.2, 0.25) is 0 Å². The number of pyridine rings is 1. The van der Waals surface area contributed by atoms with Crippen molar-refractivity contribution < 1.29 is 14.7 Å². The van der Waals surface area contributed by atoms with E-state index in [2.05, 4.69) is 15.6 Å². The Bertz CT molecular complexity index is 642. The Labute approximate surface area is 129 Å². The zero-order chi connectivity index (χ0) is 15.2. The first-order chi connectivity index (χ1) is 10.0. The van der Waals surface area contributed by atoms with Gasteiger partial charge in [-0.05, 0) is 23.8 Å². The van der Waals surface area contributed by atoms with Crippen molar-refractivity contribution in [1.82, 2.24) is 15.6 Å². The second-order valence-electron chi connectivity index (χ2n) is 4.10. The van der Waals surface area contributed by atoms with Crippen molar-refractivity contribution in [3.63, 3.8) is 0 Å². The highest BCUT2D eigenvalue weighted by atomic mass is 35.5. The summed E-state index contributed by atoms with van der Waals surface area (Å²) in [6.45, 7) is 0.670. The summed E-state index contributed by atoms with van der Waals surface area (Å²) < 4.78 is 0.678. The zero-order valence-corrected chi connectivity index (χ0v) is 12.4. The monoisotopic (exact) mass is 325 g/mol. The topological polar surface area (TPSA) is 91.3 Å². The number of nitrogens with one attached hydrogen (secondary N) is 2. The molecule has 0 spiro atoms. The molecule has 0 bridgehead atoms. The molecule has 2 amide bonds. The lowest BCUT2D eigenvalue weighted by atomic mass is 10.2. The first-order valence-electron chi connectivity index (χ1n) is 5.99. The fraction of sp³-hybridized carbons (Fsp3) is 0.154. The number of nitrogens with zero attached hydrogens (tertiary/aromatic N) is 1. The van der Waals surface area contributed by atoms with E-state index in [0.29, 0.717) is 16.4 Å². The molecule has 0 unspecified atom stereocenters. The van der Waals surface area contributed by atoms with Crippen molar-refractivity contribution in [2.45, 2.75) is 13.1 Å². The van der Waals surface area contributed by atoms with Crippen LogP contribution in [0.1, 0.15) is 20.9 Å². The van der Waals surface area contributed by atoms with Crippen molar-refractivity contribution in [3.8, 4) is 0 Å². The molecule has 0 aliphatic carbocycles. The van der Waals surface area contributed by atoms with Gasteiger partial charge in [-0.1, -0.05) is 17.7 Å². The number of hydrogen-bond donors (Lipinski definition) is 3. The number of urea groups is 1. The van der Waals surface area contributed by atoms with Crippen molar-refractivity contribution in [2.24, 2.45) is 0 Å². The van der Waals surface area contributed by atoms with Gasteiger partial charge in [-0.2, -0.15) is 0 Å². The van der Waals surface area contributed by atoms with E-state index in [1.807, 2.05) is 6.07 Å². The Kier molecular flexibility index (Phi) is 5.13. The number of halogens is 1. The molecule has 6 nitrogen and oxygen atoms in total. The lowest BCUT2D eigenvalue weighted by Gasteiger charge is -2.06. The molecular weight excluding hydrogens is 314 g/mol. The van der Waals surface area contributed by atoms with Crippen LogP contribution in [0.2, 0.25) is 4.34 Å². The minimum absolute atomic E-state index is 0.0298. The third kappa shape index (κ3) is 4.73. The number of amides is 2. The molecule has 3 N–H and O–H groups in total. The first kappa shape index (κ1) is 15.3. The number of carboxylic acid groups (broad SMARTS) is 1. The van der Waals surface area contributed by atoms with Crippen LogP contribution in [0.25, 0.3) is 0 Å². The average Bonchev–Trinajstić information content (AvgIpc) is 2.89. The van der Waals surface area contributed by atoms with Gasteiger partial charge in [0.25, 0.3) is 0 Å². The van der Waals surface area contributed by atoms with Gasteiger partial charge in [-0.3, -0.25) is 0 Å². The van der Waals surface area contributed by atoms with Crippen molar-refractivity contribution >= 4 is 34.9 Å². The molecule has 110 valence electrons. The molecule has 0 radical (unpaired) electrons. The Morgan fingerprint density at radius 2 is 1.95 bits per heavy atom. The standard InChI is InChI=1S/C13H12ClN3O3S/c14-11-4-2-9(21-11)7-17-13(20)16-6-8-1-3-10(12(18)19)15-5-8/h1-5H,6-7H2,(H,18,19)(H2,16,17,20). The highest BCUT2D eigenvalue weighted by molar-refractivity contribution is 7.16. The predicted molar refractivity (Wildman–Crippen MR) is 79.6 cm³/mol. The normalized spacial score (nSPS) is 10.1. The van der Waals surface area contributed by atoms with Gasteiger partial charge < -0.3 is 15.7 Å². The second-order valence-corrected chi connectivity index (χ2v) is 5.90. The van der Waals surface area contributed by atoms with Crippen LogP contribution in [0.5, 0.6) is 0 Å². The summed E-state index contributed by atoms with van der Waals surface area (Å²) in [6.07, 6.45) is 1.42. The van der Waals surface area contributed by atoms with Gasteiger partial charge in [0.05, 0.1) is 10.9 Å². The van der Waals surface area contributed by atoms with E-state index < -0.39 is 5.97 Å². The number of carboxylic acids is 1. The van der Waals surface area contributed by atoms with Crippen molar-refractivity contribution in [1.29, 1.82) is 0 Å². The average molecular weight is 326 g/mol. The van der Waals surface area contributed by atoms with E-state index in [4.69, 9.17) is 16.7 Å². The Morgan fingerprint density at radius 1 is 1.19 bits per heavy atom. The minimum Gasteiger partial charge on any atom is -0.477 e. The summed E-state index contributed by atoms with van der Waals surface area (Å²) in [5.74, 6) is -1.08. The van der Waals surface area contributed by atoms with E-state index in [1.165, 1.54) is 23.6 Å². The lowest BCUT2D eigenvalue weighted by molar-refractivity contribution is 0.0690. The number of aromatic carboxylic acids is 1.